The van der Waals surface area contributed by atoms with E-state index in [9.17, 15) is 33.0 Å². The number of aliphatic hydroxyl groups excluding tert-OH is 2. The number of alkyl halides is 3. The van der Waals surface area contributed by atoms with Gasteiger partial charge >= 0.3 is 12.1 Å². The Balaban J connectivity index is 1.76. The third kappa shape index (κ3) is 10.0. The monoisotopic (exact) mass is 500 g/mol. The van der Waals surface area contributed by atoms with Gasteiger partial charge in [-0.2, -0.15) is 13.2 Å². The highest BCUT2D eigenvalue weighted by atomic mass is 19.4. The Bertz CT molecular complexity index is 852. The molecular formula is C26H35F3O6. The fourth-order valence-corrected chi connectivity index (χ4v) is 4.19. The van der Waals surface area contributed by atoms with Gasteiger partial charge in [-0.05, 0) is 70.1 Å². The van der Waals surface area contributed by atoms with Crippen molar-refractivity contribution >= 4 is 11.8 Å². The number of halogens is 3. The number of benzene rings is 1. The zero-order valence-electron chi connectivity index (χ0n) is 20.2. The molecule has 0 spiro atoms. The maximum atomic E-state index is 12.8. The molecule has 0 bridgehead atoms. The highest BCUT2D eigenvalue weighted by Crippen LogP contribution is 2.36. The van der Waals surface area contributed by atoms with Gasteiger partial charge in [-0.1, -0.05) is 18.2 Å². The zero-order chi connectivity index (χ0) is 26.0. The van der Waals surface area contributed by atoms with Gasteiger partial charge in [0.05, 0.1) is 23.9 Å². The normalized spacial score (nSPS) is 21.6. The van der Waals surface area contributed by atoms with E-state index in [1.807, 2.05) is 12.2 Å². The fourth-order valence-electron chi connectivity index (χ4n) is 4.19. The topological polar surface area (TPSA) is 93.1 Å². The van der Waals surface area contributed by atoms with Gasteiger partial charge in [0.1, 0.15) is 18.1 Å². The minimum Gasteiger partial charge on any atom is -0.491 e. The van der Waals surface area contributed by atoms with E-state index in [-0.39, 0.29) is 54.9 Å². The first-order chi connectivity index (χ1) is 16.5. The average Bonchev–Trinajstić information content (AvgIpc) is 3.04. The second-order valence-corrected chi connectivity index (χ2v) is 9.21. The number of rotatable bonds is 13. The van der Waals surface area contributed by atoms with E-state index in [0.29, 0.717) is 32.1 Å². The first-order valence-corrected chi connectivity index (χ1v) is 12.0. The van der Waals surface area contributed by atoms with Gasteiger partial charge < -0.3 is 19.7 Å². The summed E-state index contributed by atoms with van der Waals surface area (Å²) in [6.07, 6.45) is 0.249. The molecular weight excluding hydrogens is 465 g/mol. The van der Waals surface area contributed by atoms with Crippen LogP contribution in [0.3, 0.4) is 0 Å². The summed E-state index contributed by atoms with van der Waals surface area (Å²) in [5.41, 5.74) is -0.830. The number of Topliss-reactive ketones (excluding diaryl/α,β-unsaturated/α-hetero) is 1. The van der Waals surface area contributed by atoms with E-state index in [1.165, 1.54) is 12.1 Å². The molecule has 0 amide bonds. The second kappa shape index (κ2) is 13.6. The van der Waals surface area contributed by atoms with E-state index in [2.05, 4.69) is 0 Å². The van der Waals surface area contributed by atoms with Crippen LogP contribution in [0.1, 0.15) is 64.4 Å². The van der Waals surface area contributed by atoms with Gasteiger partial charge in [-0.25, -0.2) is 0 Å². The summed E-state index contributed by atoms with van der Waals surface area (Å²) in [6.45, 7) is 3.40. The molecule has 4 atom stereocenters. The third-order valence-corrected chi connectivity index (χ3v) is 5.95. The Morgan fingerprint density at radius 2 is 2.00 bits per heavy atom. The van der Waals surface area contributed by atoms with Gasteiger partial charge in [-0.15, -0.1) is 0 Å². The predicted molar refractivity (Wildman–Crippen MR) is 124 cm³/mol. The fraction of sp³-hybridized carbons (Fsp3) is 0.615. The van der Waals surface area contributed by atoms with Crippen LogP contribution in [-0.4, -0.2) is 46.9 Å². The molecule has 0 radical (unpaired) electrons. The van der Waals surface area contributed by atoms with E-state index in [1.54, 1.807) is 13.8 Å². The van der Waals surface area contributed by atoms with Crippen LogP contribution >= 0.6 is 0 Å². The maximum Gasteiger partial charge on any atom is 0.416 e. The van der Waals surface area contributed by atoms with Crippen molar-refractivity contribution in [3.8, 4) is 5.75 Å². The Morgan fingerprint density at radius 1 is 1.26 bits per heavy atom. The van der Waals surface area contributed by atoms with Crippen LogP contribution in [0.15, 0.2) is 36.4 Å². The van der Waals surface area contributed by atoms with E-state index in [0.717, 1.165) is 12.1 Å². The smallest absolute Gasteiger partial charge is 0.416 e. The number of aliphatic hydroxyl groups is 2. The Morgan fingerprint density at radius 3 is 2.69 bits per heavy atom. The molecule has 0 saturated heterocycles. The van der Waals surface area contributed by atoms with Crippen LogP contribution in [0, 0.1) is 11.8 Å². The molecule has 0 aliphatic heterocycles. The summed E-state index contributed by atoms with van der Waals surface area (Å²) in [7, 11) is 0. The van der Waals surface area contributed by atoms with Crippen molar-refractivity contribution in [2.45, 2.75) is 83.3 Å². The van der Waals surface area contributed by atoms with E-state index >= 15 is 0 Å². The van der Waals surface area contributed by atoms with Crippen molar-refractivity contribution in [1.82, 2.24) is 0 Å². The SMILES string of the molecule is CC(C)OC(=O)CCC/C=C\C[C@H]1C(=O)C[C@@H](O)[C@@H]1CC[C@@H](O)COc1cccc(C(F)(F)F)c1. The number of ketones is 1. The van der Waals surface area contributed by atoms with Crippen LogP contribution in [0.2, 0.25) is 0 Å². The molecule has 1 aromatic carbocycles. The van der Waals surface area contributed by atoms with Crippen LogP contribution < -0.4 is 4.74 Å². The van der Waals surface area contributed by atoms with Crippen molar-refractivity contribution in [2.75, 3.05) is 6.61 Å². The van der Waals surface area contributed by atoms with Gasteiger partial charge in [0.15, 0.2) is 0 Å². The number of carbonyl (C=O) groups excluding carboxylic acids is 2. The summed E-state index contributed by atoms with van der Waals surface area (Å²) in [4.78, 5) is 23.9. The minimum absolute atomic E-state index is 0.00966. The first-order valence-electron chi connectivity index (χ1n) is 12.0. The molecule has 2 rings (SSSR count). The van der Waals surface area contributed by atoms with Crippen molar-refractivity contribution in [3.05, 3.63) is 42.0 Å². The van der Waals surface area contributed by atoms with Crippen molar-refractivity contribution in [1.29, 1.82) is 0 Å². The van der Waals surface area contributed by atoms with E-state index < -0.39 is 23.9 Å². The highest BCUT2D eigenvalue weighted by molar-refractivity contribution is 5.84. The van der Waals surface area contributed by atoms with Crippen LogP contribution in [0.5, 0.6) is 5.75 Å². The summed E-state index contributed by atoms with van der Waals surface area (Å²) in [5, 5.41) is 20.6. The molecule has 196 valence electrons. The van der Waals surface area contributed by atoms with Crippen molar-refractivity contribution in [2.24, 2.45) is 11.8 Å². The molecule has 1 fully saturated rings. The first kappa shape index (κ1) is 28.8. The lowest BCUT2D eigenvalue weighted by molar-refractivity contribution is -0.147. The largest absolute Gasteiger partial charge is 0.491 e. The molecule has 0 unspecified atom stereocenters. The van der Waals surface area contributed by atoms with Gasteiger partial charge in [-0.3, -0.25) is 9.59 Å². The molecule has 0 aromatic heterocycles. The molecule has 35 heavy (non-hydrogen) atoms. The van der Waals surface area contributed by atoms with E-state index in [4.69, 9.17) is 9.47 Å². The Labute approximate surface area is 204 Å². The number of esters is 1. The Hall–Kier alpha value is -2.39. The lowest BCUT2D eigenvalue weighted by Crippen LogP contribution is -2.24. The number of hydrogen-bond donors (Lipinski definition) is 2. The summed E-state index contributed by atoms with van der Waals surface area (Å²) < 4.78 is 48.8. The molecule has 1 aromatic rings. The predicted octanol–water partition coefficient (Wildman–Crippen LogP) is 4.86. The molecule has 0 heterocycles. The highest BCUT2D eigenvalue weighted by Gasteiger charge is 2.40. The standard InChI is InChI=1S/C26H35F3O6/c1-17(2)35-25(33)11-6-4-3-5-10-21-22(24(32)15-23(21)31)13-12-19(30)16-34-20-9-7-8-18(14-20)26(27,28)29/h3,5,7-9,14,17,19,21-22,24,30,32H,4,6,10-13,15-16H2,1-2H3/b5-3-/t19-,21-,22-,24-/m1/s1. The second-order valence-electron chi connectivity index (χ2n) is 9.21. The number of carbonyl (C=O) groups is 2. The summed E-state index contributed by atoms with van der Waals surface area (Å²) in [6, 6.07) is 4.44. The van der Waals surface area contributed by atoms with Crippen LogP contribution in [0.4, 0.5) is 13.2 Å². The van der Waals surface area contributed by atoms with Crippen LogP contribution in [-0.2, 0) is 20.5 Å². The molecule has 1 aliphatic rings. The minimum atomic E-state index is -4.48. The lowest BCUT2D eigenvalue weighted by atomic mass is 9.86. The lowest BCUT2D eigenvalue weighted by Gasteiger charge is -2.21. The summed E-state index contributed by atoms with van der Waals surface area (Å²) in [5.74, 6) is -0.920. The Kier molecular flexibility index (Phi) is 11.2. The van der Waals surface area contributed by atoms with Gasteiger partial charge in [0.2, 0.25) is 0 Å². The molecule has 6 nitrogen and oxygen atoms in total. The quantitative estimate of drug-likeness (QED) is 0.228. The maximum absolute atomic E-state index is 12.8. The molecule has 1 aliphatic carbocycles. The van der Waals surface area contributed by atoms with Crippen LogP contribution in [0.25, 0.3) is 0 Å². The molecule has 1 saturated carbocycles. The third-order valence-electron chi connectivity index (χ3n) is 5.95. The summed E-state index contributed by atoms with van der Waals surface area (Å²) >= 11 is 0. The average molecular weight is 501 g/mol. The number of hydrogen-bond acceptors (Lipinski definition) is 6. The molecule has 2 N–H and O–H groups in total. The number of ether oxygens (including phenoxy) is 2. The van der Waals surface area contributed by atoms with Crippen molar-refractivity contribution < 1.29 is 42.4 Å². The van der Waals surface area contributed by atoms with Gasteiger partial charge in [0.25, 0.3) is 0 Å². The van der Waals surface area contributed by atoms with Gasteiger partial charge in [0, 0.05) is 18.8 Å². The van der Waals surface area contributed by atoms with Crippen molar-refractivity contribution in [3.63, 3.8) is 0 Å². The zero-order valence-corrected chi connectivity index (χ0v) is 20.2. The number of allylic oxidation sites excluding steroid dienone is 2. The molecule has 9 heteroatoms. The number of unbranched alkanes of at least 4 members (excludes halogenated alkanes) is 1.